The van der Waals surface area contributed by atoms with E-state index in [1.807, 2.05) is 12.1 Å². The molecule has 16 heavy (non-hydrogen) atoms. The highest BCUT2D eigenvalue weighted by Gasteiger charge is 2.21. The Balaban J connectivity index is 1.99. The van der Waals surface area contributed by atoms with Crippen LogP contribution in [0.25, 0.3) is 0 Å². The van der Waals surface area contributed by atoms with Gasteiger partial charge in [0.05, 0.1) is 10.9 Å². The van der Waals surface area contributed by atoms with E-state index in [1.54, 1.807) is 6.20 Å². The molecule has 2 heterocycles. The molecule has 0 spiro atoms. The number of rotatable bonds is 2. The van der Waals surface area contributed by atoms with Crippen LogP contribution < -0.4 is 10.6 Å². The van der Waals surface area contributed by atoms with E-state index in [1.165, 1.54) is 0 Å². The van der Waals surface area contributed by atoms with E-state index in [0.717, 1.165) is 31.7 Å². The second kappa shape index (κ2) is 4.70. The van der Waals surface area contributed by atoms with Crippen molar-refractivity contribution in [2.45, 2.75) is 12.8 Å². The van der Waals surface area contributed by atoms with Gasteiger partial charge in [0, 0.05) is 25.2 Å². The Bertz CT molecular complexity index is 368. The van der Waals surface area contributed by atoms with E-state index in [-0.39, 0.29) is 5.92 Å². The van der Waals surface area contributed by atoms with Crippen molar-refractivity contribution in [1.29, 1.82) is 5.41 Å². The minimum absolute atomic E-state index is 0.239. The summed E-state index contributed by atoms with van der Waals surface area (Å²) in [5, 5.41) is 8.07. The lowest BCUT2D eigenvalue weighted by molar-refractivity contribution is 0.495. The number of hydrogen-bond donors (Lipinski definition) is 2. The average molecular weight is 239 g/mol. The number of nitrogens with two attached hydrogens (primary N) is 1. The van der Waals surface area contributed by atoms with E-state index in [4.69, 9.17) is 22.7 Å². The van der Waals surface area contributed by atoms with Gasteiger partial charge >= 0.3 is 0 Å². The number of aromatic nitrogens is 1. The van der Waals surface area contributed by atoms with Gasteiger partial charge in [0.25, 0.3) is 0 Å². The SMILES string of the molecule is N=C(N)C1CCN(c2ccc(Cl)cn2)CC1. The molecule has 86 valence electrons. The van der Waals surface area contributed by atoms with Crippen LogP contribution in [0.5, 0.6) is 0 Å². The van der Waals surface area contributed by atoms with Crippen molar-refractivity contribution >= 4 is 23.3 Å². The maximum Gasteiger partial charge on any atom is 0.128 e. The first kappa shape index (κ1) is 11.2. The maximum absolute atomic E-state index is 7.41. The molecule has 0 radical (unpaired) electrons. The third kappa shape index (κ3) is 2.44. The lowest BCUT2D eigenvalue weighted by atomic mass is 9.96. The monoisotopic (exact) mass is 238 g/mol. The minimum atomic E-state index is 0.239. The largest absolute Gasteiger partial charge is 0.387 e. The highest BCUT2D eigenvalue weighted by molar-refractivity contribution is 6.30. The summed E-state index contributed by atoms with van der Waals surface area (Å²) >= 11 is 5.79. The zero-order valence-electron chi connectivity index (χ0n) is 8.99. The number of hydrogen-bond acceptors (Lipinski definition) is 3. The summed E-state index contributed by atoms with van der Waals surface area (Å²) in [5.41, 5.74) is 5.50. The molecule has 0 unspecified atom stereocenters. The molecule has 1 saturated heterocycles. The van der Waals surface area contributed by atoms with Crippen LogP contribution in [0.1, 0.15) is 12.8 Å². The van der Waals surface area contributed by atoms with Gasteiger partial charge in [-0.2, -0.15) is 0 Å². The summed E-state index contributed by atoms with van der Waals surface area (Å²) in [6.45, 7) is 1.80. The van der Waals surface area contributed by atoms with Crippen LogP contribution in [0.2, 0.25) is 5.02 Å². The molecular weight excluding hydrogens is 224 g/mol. The minimum Gasteiger partial charge on any atom is -0.387 e. The number of amidine groups is 1. The molecular formula is C11H15ClN4. The van der Waals surface area contributed by atoms with Crippen LogP contribution in [0, 0.1) is 11.3 Å². The molecule has 1 aliphatic heterocycles. The first-order chi connectivity index (χ1) is 7.66. The lowest BCUT2D eigenvalue weighted by Crippen LogP contribution is -2.38. The van der Waals surface area contributed by atoms with E-state index in [9.17, 15) is 0 Å². The zero-order chi connectivity index (χ0) is 11.5. The van der Waals surface area contributed by atoms with Gasteiger partial charge in [-0.1, -0.05) is 11.6 Å². The molecule has 1 aromatic rings. The number of nitrogens with zero attached hydrogens (tertiary/aromatic N) is 2. The van der Waals surface area contributed by atoms with E-state index >= 15 is 0 Å². The van der Waals surface area contributed by atoms with E-state index in [0.29, 0.717) is 10.9 Å². The van der Waals surface area contributed by atoms with Gasteiger partial charge in [-0.3, -0.25) is 5.41 Å². The number of halogens is 1. The Kier molecular flexibility index (Phi) is 3.29. The molecule has 0 aromatic carbocycles. The van der Waals surface area contributed by atoms with Gasteiger partial charge in [0.2, 0.25) is 0 Å². The summed E-state index contributed by atoms with van der Waals surface area (Å²) in [7, 11) is 0. The summed E-state index contributed by atoms with van der Waals surface area (Å²) in [4.78, 5) is 6.49. The molecule has 1 fully saturated rings. The molecule has 5 heteroatoms. The predicted octanol–water partition coefficient (Wildman–Crippen LogP) is 1.89. The topological polar surface area (TPSA) is 66.0 Å². The van der Waals surface area contributed by atoms with Crippen LogP contribution in [0.4, 0.5) is 5.82 Å². The van der Waals surface area contributed by atoms with Crippen molar-refractivity contribution < 1.29 is 0 Å². The number of anilines is 1. The van der Waals surface area contributed by atoms with Gasteiger partial charge in [-0.05, 0) is 25.0 Å². The molecule has 3 N–H and O–H groups in total. The Morgan fingerprint density at radius 1 is 1.44 bits per heavy atom. The van der Waals surface area contributed by atoms with Crippen molar-refractivity contribution in [2.24, 2.45) is 11.7 Å². The Labute approximate surface area is 99.9 Å². The highest BCUT2D eigenvalue weighted by Crippen LogP contribution is 2.22. The predicted molar refractivity (Wildman–Crippen MR) is 66.1 cm³/mol. The maximum atomic E-state index is 7.41. The van der Waals surface area contributed by atoms with Gasteiger partial charge < -0.3 is 10.6 Å². The van der Waals surface area contributed by atoms with E-state index < -0.39 is 0 Å². The third-order valence-corrected chi connectivity index (χ3v) is 3.19. The van der Waals surface area contributed by atoms with Crippen LogP contribution in [-0.4, -0.2) is 23.9 Å². The van der Waals surface area contributed by atoms with Crippen molar-refractivity contribution in [3.05, 3.63) is 23.4 Å². The van der Waals surface area contributed by atoms with Crippen LogP contribution >= 0.6 is 11.6 Å². The van der Waals surface area contributed by atoms with E-state index in [2.05, 4.69) is 9.88 Å². The molecule has 0 aliphatic carbocycles. The van der Waals surface area contributed by atoms with Gasteiger partial charge in [-0.25, -0.2) is 4.98 Å². The van der Waals surface area contributed by atoms with Crippen molar-refractivity contribution in [3.63, 3.8) is 0 Å². The summed E-state index contributed by atoms with van der Waals surface area (Å²) < 4.78 is 0. The zero-order valence-corrected chi connectivity index (χ0v) is 9.74. The van der Waals surface area contributed by atoms with Crippen LogP contribution in [0.15, 0.2) is 18.3 Å². The van der Waals surface area contributed by atoms with Crippen molar-refractivity contribution in [1.82, 2.24) is 4.98 Å². The second-order valence-corrected chi connectivity index (χ2v) is 4.49. The summed E-state index contributed by atoms with van der Waals surface area (Å²) in [5.74, 6) is 1.50. The average Bonchev–Trinajstić information content (AvgIpc) is 2.30. The molecule has 0 saturated carbocycles. The highest BCUT2D eigenvalue weighted by atomic mass is 35.5. The standard InChI is InChI=1S/C11H15ClN4/c12-9-1-2-10(15-7-9)16-5-3-8(4-6-16)11(13)14/h1-2,7-8H,3-6H2,(H3,13,14). The quantitative estimate of drug-likeness (QED) is 0.611. The first-order valence-electron chi connectivity index (χ1n) is 5.37. The first-order valence-corrected chi connectivity index (χ1v) is 5.75. The second-order valence-electron chi connectivity index (χ2n) is 4.05. The molecule has 1 aromatic heterocycles. The van der Waals surface area contributed by atoms with Gasteiger partial charge in [0.1, 0.15) is 5.82 Å². The third-order valence-electron chi connectivity index (χ3n) is 2.97. The normalized spacial score (nSPS) is 17.4. The van der Waals surface area contributed by atoms with Crippen molar-refractivity contribution in [3.8, 4) is 0 Å². The number of pyridine rings is 1. The molecule has 0 amide bonds. The lowest BCUT2D eigenvalue weighted by Gasteiger charge is -2.32. The Morgan fingerprint density at radius 2 is 2.12 bits per heavy atom. The molecule has 1 aliphatic rings. The Morgan fingerprint density at radius 3 is 2.62 bits per heavy atom. The number of piperidine rings is 1. The summed E-state index contributed by atoms with van der Waals surface area (Å²) in [6.07, 6.45) is 3.52. The van der Waals surface area contributed by atoms with Crippen molar-refractivity contribution in [2.75, 3.05) is 18.0 Å². The fourth-order valence-electron chi connectivity index (χ4n) is 1.97. The van der Waals surface area contributed by atoms with Crippen LogP contribution in [-0.2, 0) is 0 Å². The molecule has 4 nitrogen and oxygen atoms in total. The van der Waals surface area contributed by atoms with Gasteiger partial charge in [-0.15, -0.1) is 0 Å². The fraction of sp³-hybridized carbons (Fsp3) is 0.455. The molecule has 0 bridgehead atoms. The fourth-order valence-corrected chi connectivity index (χ4v) is 2.09. The molecule has 0 atom stereocenters. The van der Waals surface area contributed by atoms with Crippen LogP contribution in [0.3, 0.4) is 0 Å². The summed E-state index contributed by atoms with van der Waals surface area (Å²) in [6, 6.07) is 3.78. The Hall–Kier alpha value is -1.29. The molecule has 2 rings (SSSR count). The van der Waals surface area contributed by atoms with Gasteiger partial charge in [0.15, 0.2) is 0 Å². The smallest absolute Gasteiger partial charge is 0.128 e. The number of nitrogens with one attached hydrogen (secondary N) is 1.